The summed E-state index contributed by atoms with van der Waals surface area (Å²) in [7, 11) is 1.63. The second-order valence-electron chi connectivity index (χ2n) is 6.83. The molecule has 0 unspecified atom stereocenters. The van der Waals surface area contributed by atoms with Crippen LogP contribution in [0.4, 0.5) is 0 Å². The van der Waals surface area contributed by atoms with Crippen LogP contribution in [0, 0.1) is 5.92 Å². The molecule has 3 rings (SSSR count). The number of Topliss-reactive ketones (excluding diaryl/α,β-unsaturated/α-hetero) is 2. The third kappa shape index (κ3) is 4.34. The number of ketones is 2. The molecule has 0 radical (unpaired) electrons. The van der Waals surface area contributed by atoms with Crippen LogP contribution in [0.25, 0.3) is 0 Å². The maximum atomic E-state index is 12.8. The minimum Gasteiger partial charge on any atom is -0.497 e. The van der Waals surface area contributed by atoms with E-state index in [4.69, 9.17) is 16.3 Å². The van der Waals surface area contributed by atoms with Crippen molar-refractivity contribution < 1.29 is 14.3 Å². The second kappa shape index (κ2) is 8.50. The molecule has 136 valence electrons. The van der Waals surface area contributed by atoms with Gasteiger partial charge in [-0.15, -0.1) is 0 Å². The lowest BCUT2D eigenvalue weighted by molar-refractivity contribution is -0.125. The van der Waals surface area contributed by atoms with Gasteiger partial charge in [0.25, 0.3) is 0 Å². The van der Waals surface area contributed by atoms with E-state index in [0.717, 1.165) is 30.6 Å². The van der Waals surface area contributed by atoms with Gasteiger partial charge in [0, 0.05) is 35.3 Å². The Balaban J connectivity index is 1.87. The Kier molecular flexibility index (Phi) is 6.10. The predicted octanol–water partition coefficient (Wildman–Crippen LogP) is 5.46. The summed E-state index contributed by atoms with van der Waals surface area (Å²) in [6.07, 6.45) is 3.79. The molecule has 0 N–H and O–H groups in total. The van der Waals surface area contributed by atoms with E-state index < -0.39 is 0 Å². The molecule has 2 atom stereocenters. The molecular formula is C22H23ClO3. The number of hydrogen-bond acceptors (Lipinski definition) is 3. The highest BCUT2D eigenvalue weighted by Crippen LogP contribution is 2.37. The van der Waals surface area contributed by atoms with Crippen molar-refractivity contribution in [3.05, 3.63) is 64.7 Å². The maximum Gasteiger partial charge on any atom is 0.163 e. The van der Waals surface area contributed by atoms with Gasteiger partial charge in [0.15, 0.2) is 5.78 Å². The Labute approximate surface area is 159 Å². The Bertz CT molecular complexity index is 765. The largest absolute Gasteiger partial charge is 0.497 e. The van der Waals surface area contributed by atoms with Crippen LogP contribution in [0.2, 0.25) is 5.02 Å². The number of ether oxygens (including phenoxy) is 1. The number of benzene rings is 2. The van der Waals surface area contributed by atoms with E-state index in [9.17, 15) is 9.59 Å². The van der Waals surface area contributed by atoms with Crippen molar-refractivity contribution in [1.29, 1.82) is 0 Å². The van der Waals surface area contributed by atoms with Gasteiger partial charge in [-0.05, 0) is 54.8 Å². The first-order valence-corrected chi connectivity index (χ1v) is 9.41. The summed E-state index contributed by atoms with van der Waals surface area (Å²) >= 11 is 5.92. The minimum absolute atomic E-state index is 0.0425. The zero-order chi connectivity index (χ0) is 18.5. The summed E-state index contributed by atoms with van der Waals surface area (Å²) in [6.45, 7) is 0. The van der Waals surface area contributed by atoms with E-state index in [-0.39, 0.29) is 23.4 Å². The highest BCUT2D eigenvalue weighted by molar-refractivity contribution is 6.30. The van der Waals surface area contributed by atoms with Gasteiger partial charge < -0.3 is 4.74 Å². The molecule has 0 spiro atoms. The Morgan fingerprint density at radius 2 is 1.81 bits per heavy atom. The summed E-state index contributed by atoms with van der Waals surface area (Å²) in [6, 6.07) is 14.7. The van der Waals surface area contributed by atoms with Gasteiger partial charge in [-0.3, -0.25) is 9.59 Å². The molecule has 3 nitrogen and oxygen atoms in total. The molecular weight excluding hydrogens is 348 g/mol. The number of hydrogen-bond donors (Lipinski definition) is 0. The van der Waals surface area contributed by atoms with Crippen molar-refractivity contribution in [1.82, 2.24) is 0 Å². The van der Waals surface area contributed by atoms with Gasteiger partial charge in [0.1, 0.15) is 11.5 Å². The number of carbonyl (C=O) groups is 2. The molecule has 0 bridgehead atoms. The normalized spacial score (nSPS) is 18.4. The SMILES string of the molecule is COc1ccc([C@@H](CC(=O)c2ccc(Cl)cc2)[C@H]2CCCCC2=O)cc1. The molecule has 2 aromatic rings. The predicted molar refractivity (Wildman–Crippen MR) is 103 cm³/mol. The van der Waals surface area contributed by atoms with Crippen molar-refractivity contribution in [2.24, 2.45) is 5.92 Å². The van der Waals surface area contributed by atoms with Crippen LogP contribution in [0.1, 0.15) is 53.9 Å². The molecule has 26 heavy (non-hydrogen) atoms. The van der Waals surface area contributed by atoms with Gasteiger partial charge in [-0.1, -0.05) is 30.2 Å². The van der Waals surface area contributed by atoms with E-state index in [0.29, 0.717) is 23.4 Å². The minimum atomic E-state index is -0.100. The van der Waals surface area contributed by atoms with Crippen LogP contribution in [-0.2, 0) is 4.79 Å². The topological polar surface area (TPSA) is 43.4 Å². The lowest BCUT2D eigenvalue weighted by atomic mass is 9.73. The van der Waals surface area contributed by atoms with Crippen molar-refractivity contribution in [2.75, 3.05) is 7.11 Å². The third-order valence-corrected chi connectivity index (χ3v) is 5.46. The summed E-state index contributed by atoms with van der Waals surface area (Å²) in [5, 5.41) is 0.607. The average Bonchev–Trinajstić information content (AvgIpc) is 2.67. The fourth-order valence-electron chi connectivity index (χ4n) is 3.73. The first kappa shape index (κ1) is 18.7. The molecule has 1 aliphatic carbocycles. The van der Waals surface area contributed by atoms with Crippen molar-refractivity contribution in [3.63, 3.8) is 0 Å². The third-order valence-electron chi connectivity index (χ3n) is 5.20. The standard InChI is InChI=1S/C22H23ClO3/c1-26-18-12-8-15(9-13-18)20(19-4-2-3-5-21(19)24)14-22(25)16-6-10-17(23)11-7-16/h6-13,19-20H,2-5,14H2,1H3/t19-,20-/m1/s1. The Hall–Kier alpha value is -2.13. The lowest BCUT2D eigenvalue weighted by Crippen LogP contribution is -2.27. The molecule has 0 amide bonds. The van der Waals surface area contributed by atoms with Gasteiger partial charge in [0.05, 0.1) is 7.11 Å². The van der Waals surface area contributed by atoms with Gasteiger partial charge in [-0.25, -0.2) is 0 Å². The fourth-order valence-corrected chi connectivity index (χ4v) is 3.86. The lowest BCUT2D eigenvalue weighted by Gasteiger charge is -2.29. The van der Waals surface area contributed by atoms with E-state index in [2.05, 4.69) is 0 Å². The van der Waals surface area contributed by atoms with Gasteiger partial charge >= 0.3 is 0 Å². The van der Waals surface area contributed by atoms with Gasteiger partial charge in [0.2, 0.25) is 0 Å². The Morgan fingerprint density at radius 3 is 2.42 bits per heavy atom. The van der Waals surface area contributed by atoms with Crippen LogP contribution in [0.15, 0.2) is 48.5 Å². The Morgan fingerprint density at radius 1 is 1.12 bits per heavy atom. The number of rotatable bonds is 6. The number of halogens is 1. The number of carbonyl (C=O) groups excluding carboxylic acids is 2. The highest BCUT2D eigenvalue weighted by Gasteiger charge is 2.32. The second-order valence-corrected chi connectivity index (χ2v) is 7.27. The van der Waals surface area contributed by atoms with E-state index >= 15 is 0 Å². The molecule has 0 aliphatic heterocycles. The first-order chi connectivity index (χ1) is 12.6. The van der Waals surface area contributed by atoms with Gasteiger partial charge in [-0.2, -0.15) is 0 Å². The molecule has 1 aliphatic rings. The summed E-state index contributed by atoms with van der Waals surface area (Å²) in [5.41, 5.74) is 1.66. The molecule has 1 saturated carbocycles. The maximum absolute atomic E-state index is 12.8. The van der Waals surface area contributed by atoms with Crippen LogP contribution in [0.5, 0.6) is 5.75 Å². The van der Waals surface area contributed by atoms with E-state index in [1.807, 2.05) is 24.3 Å². The molecule has 2 aromatic carbocycles. The van der Waals surface area contributed by atoms with Crippen molar-refractivity contribution >= 4 is 23.2 Å². The molecule has 4 heteroatoms. The zero-order valence-corrected chi connectivity index (χ0v) is 15.7. The fraction of sp³-hybridized carbons (Fsp3) is 0.364. The zero-order valence-electron chi connectivity index (χ0n) is 14.9. The first-order valence-electron chi connectivity index (χ1n) is 9.04. The molecule has 0 aromatic heterocycles. The summed E-state index contributed by atoms with van der Waals surface area (Å²) < 4.78 is 5.23. The van der Waals surface area contributed by atoms with E-state index in [1.54, 1.807) is 31.4 Å². The molecule has 1 fully saturated rings. The van der Waals surface area contributed by atoms with E-state index in [1.165, 1.54) is 0 Å². The van der Waals surface area contributed by atoms with Crippen LogP contribution < -0.4 is 4.74 Å². The molecule has 0 saturated heterocycles. The smallest absolute Gasteiger partial charge is 0.163 e. The van der Waals surface area contributed by atoms with Crippen LogP contribution >= 0.6 is 11.6 Å². The number of methoxy groups -OCH3 is 1. The highest BCUT2D eigenvalue weighted by atomic mass is 35.5. The monoisotopic (exact) mass is 370 g/mol. The van der Waals surface area contributed by atoms with Crippen LogP contribution in [-0.4, -0.2) is 18.7 Å². The van der Waals surface area contributed by atoms with Crippen molar-refractivity contribution in [2.45, 2.75) is 38.0 Å². The quantitative estimate of drug-likeness (QED) is 0.633. The molecule has 0 heterocycles. The average molecular weight is 371 g/mol. The summed E-state index contributed by atoms with van der Waals surface area (Å²) in [5.74, 6) is 0.901. The van der Waals surface area contributed by atoms with Crippen molar-refractivity contribution in [3.8, 4) is 5.75 Å². The summed E-state index contributed by atoms with van der Waals surface area (Å²) in [4.78, 5) is 25.4. The van der Waals surface area contributed by atoms with Crippen LogP contribution in [0.3, 0.4) is 0 Å².